The summed E-state index contributed by atoms with van der Waals surface area (Å²) in [5.74, 6) is 2.81. The Hall–Kier alpha value is -1.42. The van der Waals surface area contributed by atoms with Gasteiger partial charge in [0.2, 0.25) is 11.5 Å². The molecule has 138 valence electrons. The van der Waals surface area contributed by atoms with Crippen molar-refractivity contribution >= 4 is 0 Å². The van der Waals surface area contributed by atoms with Gasteiger partial charge < -0.3 is 14.4 Å². The molecule has 0 amide bonds. The molecule has 0 bridgehead atoms. The van der Waals surface area contributed by atoms with Crippen molar-refractivity contribution in [3.63, 3.8) is 0 Å². The Kier molecular flexibility index (Phi) is 10.3. The third-order valence-electron chi connectivity index (χ3n) is 4.22. The number of benzene rings is 1. The first-order chi connectivity index (χ1) is 11.7. The number of aryl methyl sites for hydroxylation is 1. The van der Waals surface area contributed by atoms with E-state index in [1.165, 1.54) is 19.3 Å². The molecule has 0 aromatic heterocycles. The Labute approximate surface area is 147 Å². The largest absolute Gasteiger partial charge is 0.490 e. The van der Waals surface area contributed by atoms with Gasteiger partial charge in [-0.3, -0.25) is 0 Å². The topological polar surface area (TPSA) is 36.9 Å². The molecular formula is C20H34O4. The summed E-state index contributed by atoms with van der Waals surface area (Å²) in [6.07, 6.45) is 5.80. The molecule has 0 N–H and O–H groups in total. The van der Waals surface area contributed by atoms with Crippen LogP contribution in [0.2, 0.25) is 0 Å². The van der Waals surface area contributed by atoms with E-state index in [-0.39, 0.29) is 0 Å². The lowest BCUT2D eigenvalue weighted by atomic mass is 9.95. The minimum Gasteiger partial charge on any atom is -0.490 e. The van der Waals surface area contributed by atoms with Crippen molar-refractivity contribution in [2.45, 2.75) is 66.7 Å². The molecule has 1 aromatic carbocycles. The van der Waals surface area contributed by atoms with Crippen molar-refractivity contribution in [2.24, 2.45) is 5.92 Å². The van der Waals surface area contributed by atoms with Crippen LogP contribution in [0.15, 0.2) is 12.1 Å². The second kappa shape index (κ2) is 12.0. The van der Waals surface area contributed by atoms with E-state index in [2.05, 4.69) is 19.9 Å². The molecule has 0 radical (unpaired) electrons. The summed E-state index contributed by atoms with van der Waals surface area (Å²) in [4.78, 5) is 10.8. The van der Waals surface area contributed by atoms with E-state index in [0.29, 0.717) is 37.1 Å². The molecule has 0 atom stereocenters. The van der Waals surface area contributed by atoms with Gasteiger partial charge in [-0.2, -0.15) is 4.89 Å². The minimum atomic E-state index is 0.484. The van der Waals surface area contributed by atoms with Crippen LogP contribution < -0.4 is 14.4 Å². The maximum atomic E-state index is 5.80. The van der Waals surface area contributed by atoms with Gasteiger partial charge in [0, 0.05) is 5.56 Å². The second-order valence-corrected chi connectivity index (χ2v) is 5.81. The average molecular weight is 338 g/mol. The smallest absolute Gasteiger partial charge is 0.214 e. The van der Waals surface area contributed by atoms with Crippen LogP contribution in [0, 0.1) is 5.92 Å². The van der Waals surface area contributed by atoms with E-state index in [0.717, 1.165) is 24.3 Å². The number of ether oxygens (including phenoxy) is 2. The lowest BCUT2D eigenvalue weighted by molar-refractivity contribution is -0.203. The van der Waals surface area contributed by atoms with Crippen LogP contribution in [-0.2, 0) is 11.3 Å². The van der Waals surface area contributed by atoms with Gasteiger partial charge in [0.05, 0.1) is 19.8 Å². The van der Waals surface area contributed by atoms with Gasteiger partial charge in [-0.15, -0.1) is 0 Å². The Morgan fingerprint density at radius 3 is 2.12 bits per heavy atom. The SMILES string of the molecule is CCOOc1c(CCCC(CC)CC)ccc(OCC)c1OCC. The summed E-state index contributed by atoms with van der Waals surface area (Å²) in [6, 6.07) is 4.04. The van der Waals surface area contributed by atoms with Crippen molar-refractivity contribution in [2.75, 3.05) is 19.8 Å². The fraction of sp³-hybridized carbons (Fsp3) is 0.700. The standard InChI is InChI=1S/C20H34O4/c1-6-16(7-2)12-11-13-17-14-15-18(21-8-3)20(22-9-4)19(17)24-23-10-5/h14-16H,6-13H2,1-5H3. The molecule has 0 aliphatic carbocycles. The summed E-state index contributed by atoms with van der Waals surface area (Å²) in [5.41, 5.74) is 1.11. The molecule has 4 heteroatoms. The Bertz CT molecular complexity index is 455. The van der Waals surface area contributed by atoms with Crippen LogP contribution in [0.4, 0.5) is 0 Å². The molecule has 0 spiro atoms. The molecule has 4 nitrogen and oxygen atoms in total. The minimum absolute atomic E-state index is 0.484. The van der Waals surface area contributed by atoms with Crippen molar-refractivity contribution in [1.82, 2.24) is 0 Å². The van der Waals surface area contributed by atoms with E-state index in [1.807, 2.05) is 26.8 Å². The summed E-state index contributed by atoms with van der Waals surface area (Å²) in [6.45, 7) is 12.0. The molecule has 0 saturated carbocycles. The van der Waals surface area contributed by atoms with Gasteiger partial charge in [-0.05, 0) is 45.6 Å². The van der Waals surface area contributed by atoms with Crippen LogP contribution >= 0.6 is 0 Å². The Morgan fingerprint density at radius 1 is 0.833 bits per heavy atom. The quantitative estimate of drug-likeness (QED) is 0.348. The van der Waals surface area contributed by atoms with Gasteiger partial charge in [0.1, 0.15) is 0 Å². The second-order valence-electron chi connectivity index (χ2n) is 5.81. The highest BCUT2D eigenvalue weighted by Gasteiger charge is 2.19. The van der Waals surface area contributed by atoms with Crippen molar-refractivity contribution in [1.29, 1.82) is 0 Å². The molecule has 1 rings (SSSR count). The normalized spacial score (nSPS) is 10.9. The molecule has 0 heterocycles. The maximum Gasteiger partial charge on any atom is 0.214 e. The summed E-state index contributed by atoms with van der Waals surface area (Å²) in [7, 11) is 0. The maximum absolute atomic E-state index is 5.80. The number of hydrogen-bond donors (Lipinski definition) is 0. The highest BCUT2D eigenvalue weighted by Crippen LogP contribution is 2.41. The van der Waals surface area contributed by atoms with Crippen LogP contribution in [0.25, 0.3) is 0 Å². The van der Waals surface area contributed by atoms with Crippen LogP contribution in [-0.4, -0.2) is 19.8 Å². The zero-order valence-corrected chi connectivity index (χ0v) is 16.0. The van der Waals surface area contributed by atoms with Gasteiger partial charge in [-0.1, -0.05) is 39.2 Å². The summed E-state index contributed by atoms with van der Waals surface area (Å²) < 4.78 is 11.5. The molecule has 0 unspecified atom stereocenters. The Balaban J connectivity index is 2.97. The monoisotopic (exact) mass is 338 g/mol. The highest BCUT2D eigenvalue weighted by atomic mass is 17.2. The van der Waals surface area contributed by atoms with Gasteiger partial charge in [-0.25, -0.2) is 0 Å². The first-order valence-electron chi connectivity index (χ1n) is 9.42. The van der Waals surface area contributed by atoms with Crippen molar-refractivity contribution in [3.05, 3.63) is 17.7 Å². The molecule has 1 aromatic rings. The third-order valence-corrected chi connectivity index (χ3v) is 4.22. The number of hydrogen-bond acceptors (Lipinski definition) is 4. The Morgan fingerprint density at radius 2 is 1.54 bits per heavy atom. The lowest BCUT2D eigenvalue weighted by Crippen LogP contribution is -2.06. The molecule has 0 aliphatic heterocycles. The summed E-state index contributed by atoms with van der Waals surface area (Å²) in [5, 5.41) is 0. The molecule has 0 fully saturated rings. The highest BCUT2D eigenvalue weighted by molar-refractivity contribution is 5.55. The average Bonchev–Trinajstić information content (AvgIpc) is 2.60. The summed E-state index contributed by atoms with van der Waals surface area (Å²) >= 11 is 0. The van der Waals surface area contributed by atoms with Gasteiger partial charge >= 0.3 is 0 Å². The van der Waals surface area contributed by atoms with E-state index in [1.54, 1.807) is 0 Å². The van der Waals surface area contributed by atoms with Crippen LogP contribution in [0.5, 0.6) is 17.2 Å². The zero-order valence-electron chi connectivity index (χ0n) is 16.0. The van der Waals surface area contributed by atoms with Crippen molar-refractivity contribution < 1.29 is 19.2 Å². The molecular weight excluding hydrogens is 304 g/mol. The van der Waals surface area contributed by atoms with E-state index >= 15 is 0 Å². The number of rotatable bonds is 13. The fourth-order valence-corrected chi connectivity index (χ4v) is 2.82. The molecule has 0 saturated heterocycles. The van der Waals surface area contributed by atoms with Crippen LogP contribution in [0.1, 0.15) is 65.9 Å². The van der Waals surface area contributed by atoms with E-state index in [9.17, 15) is 0 Å². The van der Waals surface area contributed by atoms with Crippen LogP contribution in [0.3, 0.4) is 0 Å². The van der Waals surface area contributed by atoms with Gasteiger partial charge in [0.25, 0.3) is 0 Å². The lowest BCUT2D eigenvalue weighted by Gasteiger charge is -2.18. The van der Waals surface area contributed by atoms with Crippen molar-refractivity contribution in [3.8, 4) is 17.2 Å². The van der Waals surface area contributed by atoms with E-state index in [4.69, 9.17) is 19.2 Å². The third kappa shape index (κ3) is 6.23. The first kappa shape index (κ1) is 20.6. The van der Waals surface area contributed by atoms with E-state index < -0.39 is 0 Å². The fourth-order valence-electron chi connectivity index (χ4n) is 2.82. The van der Waals surface area contributed by atoms with Gasteiger partial charge in [0.15, 0.2) is 5.75 Å². The molecule has 24 heavy (non-hydrogen) atoms. The predicted octanol–water partition coefficient (Wildman–Crippen LogP) is 5.57. The first-order valence-corrected chi connectivity index (χ1v) is 9.42. The zero-order chi connectivity index (χ0) is 17.8. The molecule has 0 aliphatic rings. The predicted molar refractivity (Wildman–Crippen MR) is 98.0 cm³/mol.